The zero-order valence-corrected chi connectivity index (χ0v) is 14.9. The largest absolute Gasteiger partial charge is 0.495 e. The molecule has 1 aromatic carbocycles. The van der Waals surface area contributed by atoms with Crippen LogP contribution in [0.5, 0.6) is 5.75 Å². The molecule has 0 unspecified atom stereocenters. The van der Waals surface area contributed by atoms with Gasteiger partial charge in [-0.3, -0.25) is 0 Å². The van der Waals surface area contributed by atoms with Gasteiger partial charge in [-0.05, 0) is 18.6 Å². The van der Waals surface area contributed by atoms with Gasteiger partial charge in [0.25, 0.3) is 0 Å². The highest BCUT2D eigenvalue weighted by atomic mass is 35.5. The van der Waals surface area contributed by atoms with Crippen LogP contribution in [0.4, 0.5) is 0 Å². The first kappa shape index (κ1) is 16.5. The predicted octanol–water partition coefficient (Wildman–Crippen LogP) is 5.23. The van der Waals surface area contributed by atoms with Gasteiger partial charge in [-0.25, -0.2) is 9.50 Å². The third kappa shape index (κ3) is 2.79. The van der Waals surface area contributed by atoms with Crippen molar-refractivity contribution in [3.8, 4) is 17.2 Å². The third-order valence-electron chi connectivity index (χ3n) is 3.43. The Kier molecular flexibility index (Phi) is 4.59. The highest BCUT2D eigenvalue weighted by molar-refractivity contribution is 7.16. The Morgan fingerprint density at radius 1 is 1.33 bits per heavy atom. The molecule has 0 atom stereocenters. The zero-order valence-electron chi connectivity index (χ0n) is 13.4. The quantitative estimate of drug-likeness (QED) is 0.469. The summed E-state index contributed by atoms with van der Waals surface area (Å²) in [6, 6.07) is 5.54. The van der Waals surface area contributed by atoms with Crippen molar-refractivity contribution in [3.05, 3.63) is 47.6 Å². The standard InChI is InChI=1S/C15H12ClN3O2S.C2H4/c1-3-14-18-19-7-10(17-15(19)22-14)13-5-8-4-9(16)12(20-2)6-11(8)21-13;1-2/h4-7H,3H2,1-2H3;1-2H2. The second-order valence-electron chi connectivity index (χ2n) is 4.84. The van der Waals surface area contributed by atoms with Crippen LogP contribution in [-0.2, 0) is 6.42 Å². The van der Waals surface area contributed by atoms with E-state index in [9.17, 15) is 0 Å². The molecule has 0 radical (unpaired) electrons. The number of aromatic nitrogens is 3. The maximum atomic E-state index is 6.14. The van der Waals surface area contributed by atoms with Gasteiger partial charge in [-0.1, -0.05) is 29.9 Å². The molecule has 24 heavy (non-hydrogen) atoms. The van der Waals surface area contributed by atoms with E-state index in [0.717, 1.165) is 33.1 Å². The van der Waals surface area contributed by atoms with E-state index in [1.165, 1.54) is 0 Å². The van der Waals surface area contributed by atoms with Crippen LogP contribution in [0.3, 0.4) is 0 Å². The van der Waals surface area contributed by atoms with Crippen LogP contribution in [0.25, 0.3) is 27.4 Å². The van der Waals surface area contributed by atoms with Crippen molar-refractivity contribution >= 4 is 38.9 Å². The molecule has 0 amide bonds. The lowest BCUT2D eigenvalue weighted by molar-refractivity contribution is 0.415. The number of benzene rings is 1. The number of rotatable bonds is 3. The summed E-state index contributed by atoms with van der Waals surface area (Å²) >= 11 is 7.73. The Balaban J connectivity index is 0.000000815. The monoisotopic (exact) mass is 361 g/mol. The first-order chi connectivity index (χ1) is 11.7. The van der Waals surface area contributed by atoms with Crippen molar-refractivity contribution < 1.29 is 9.15 Å². The average molecular weight is 362 g/mol. The molecule has 124 valence electrons. The van der Waals surface area contributed by atoms with Crippen LogP contribution in [-0.4, -0.2) is 21.7 Å². The van der Waals surface area contributed by atoms with Gasteiger partial charge in [0, 0.05) is 11.5 Å². The number of furan rings is 1. The summed E-state index contributed by atoms with van der Waals surface area (Å²) < 4.78 is 12.9. The molecule has 4 rings (SSSR count). The van der Waals surface area contributed by atoms with E-state index in [0.29, 0.717) is 16.5 Å². The lowest BCUT2D eigenvalue weighted by atomic mass is 10.2. The highest BCUT2D eigenvalue weighted by Gasteiger charge is 2.14. The fraction of sp³-hybridized carbons (Fsp3) is 0.176. The number of hydrogen-bond acceptors (Lipinski definition) is 5. The molecule has 0 aliphatic heterocycles. The van der Waals surface area contributed by atoms with E-state index in [1.54, 1.807) is 29.0 Å². The molecule has 0 spiro atoms. The van der Waals surface area contributed by atoms with E-state index in [-0.39, 0.29) is 0 Å². The van der Waals surface area contributed by atoms with E-state index >= 15 is 0 Å². The molecule has 4 aromatic rings. The van der Waals surface area contributed by atoms with Gasteiger partial charge in [-0.15, -0.1) is 13.2 Å². The molecule has 3 aromatic heterocycles. The third-order valence-corrected chi connectivity index (χ3v) is 4.79. The molecular weight excluding hydrogens is 346 g/mol. The smallest absolute Gasteiger partial charge is 0.212 e. The number of halogens is 1. The number of nitrogens with zero attached hydrogens (tertiary/aromatic N) is 3. The Morgan fingerprint density at radius 3 is 2.79 bits per heavy atom. The summed E-state index contributed by atoms with van der Waals surface area (Å²) in [6.07, 6.45) is 2.79. The minimum absolute atomic E-state index is 0.558. The highest BCUT2D eigenvalue weighted by Crippen LogP contribution is 2.34. The average Bonchev–Trinajstić information content (AvgIpc) is 3.27. The summed E-state index contributed by atoms with van der Waals surface area (Å²) in [5.74, 6) is 1.28. The minimum Gasteiger partial charge on any atom is -0.495 e. The van der Waals surface area contributed by atoms with Crippen LogP contribution in [0.1, 0.15) is 11.9 Å². The van der Waals surface area contributed by atoms with E-state index in [4.69, 9.17) is 20.8 Å². The Bertz CT molecular complexity index is 971. The summed E-state index contributed by atoms with van der Waals surface area (Å²) in [6.45, 7) is 8.08. The van der Waals surface area contributed by atoms with Gasteiger partial charge in [0.1, 0.15) is 22.0 Å². The second kappa shape index (κ2) is 6.67. The van der Waals surface area contributed by atoms with Crippen LogP contribution < -0.4 is 4.74 Å². The second-order valence-corrected chi connectivity index (χ2v) is 6.29. The fourth-order valence-corrected chi connectivity index (χ4v) is 3.39. The van der Waals surface area contributed by atoms with Gasteiger partial charge in [-0.2, -0.15) is 5.10 Å². The van der Waals surface area contributed by atoms with E-state index in [1.807, 2.05) is 18.3 Å². The Morgan fingerprint density at radius 2 is 2.12 bits per heavy atom. The molecule has 5 nitrogen and oxygen atoms in total. The maximum absolute atomic E-state index is 6.14. The number of hydrogen-bond donors (Lipinski definition) is 0. The van der Waals surface area contributed by atoms with Crippen molar-refractivity contribution in [1.82, 2.24) is 14.6 Å². The molecule has 0 saturated carbocycles. The van der Waals surface area contributed by atoms with Crippen molar-refractivity contribution in [1.29, 1.82) is 0 Å². The molecule has 0 bridgehead atoms. The van der Waals surface area contributed by atoms with Crippen LogP contribution in [0.15, 0.2) is 42.0 Å². The number of aryl methyl sites for hydroxylation is 1. The van der Waals surface area contributed by atoms with Crippen LogP contribution >= 0.6 is 22.9 Å². The number of imidazole rings is 1. The van der Waals surface area contributed by atoms with Crippen LogP contribution in [0, 0.1) is 0 Å². The van der Waals surface area contributed by atoms with Gasteiger partial charge < -0.3 is 9.15 Å². The molecular formula is C17H16ClN3O2S. The molecule has 0 aliphatic carbocycles. The lowest BCUT2D eigenvalue weighted by Crippen LogP contribution is -1.83. The van der Waals surface area contributed by atoms with Crippen molar-refractivity contribution in [2.45, 2.75) is 13.3 Å². The maximum Gasteiger partial charge on any atom is 0.212 e. The first-order valence-corrected chi connectivity index (χ1v) is 8.50. The van der Waals surface area contributed by atoms with Gasteiger partial charge in [0.05, 0.1) is 18.3 Å². The summed E-state index contributed by atoms with van der Waals surface area (Å²) in [5, 5.41) is 7.00. The molecule has 0 saturated heterocycles. The summed E-state index contributed by atoms with van der Waals surface area (Å²) in [7, 11) is 1.58. The summed E-state index contributed by atoms with van der Waals surface area (Å²) in [4.78, 5) is 5.44. The number of methoxy groups -OCH3 is 1. The Hall–Kier alpha value is -2.31. The number of fused-ring (bicyclic) bond motifs is 2. The van der Waals surface area contributed by atoms with Crippen molar-refractivity contribution in [2.24, 2.45) is 0 Å². The van der Waals surface area contributed by atoms with Crippen molar-refractivity contribution in [2.75, 3.05) is 7.11 Å². The SMILES string of the molecule is C=C.CCc1nn2cc(-c3cc4cc(Cl)c(OC)cc4o3)nc2s1. The van der Waals surface area contributed by atoms with E-state index < -0.39 is 0 Å². The normalized spacial score (nSPS) is 10.8. The number of ether oxygens (including phenoxy) is 1. The fourth-order valence-electron chi connectivity index (χ4n) is 2.33. The first-order valence-electron chi connectivity index (χ1n) is 7.30. The minimum atomic E-state index is 0.558. The van der Waals surface area contributed by atoms with Gasteiger partial charge in [0.2, 0.25) is 4.96 Å². The molecule has 0 aliphatic rings. The van der Waals surface area contributed by atoms with Crippen LogP contribution in [0.2, 0.25) is 5.02 Å². The van der Waals surface area contributed by atoms with Gasteiger partial charge in [0.15, 0.2) is 5.76 Å². The molecule has 0 N–H and O–H groups in total. The topological polar surface area (TPSA) is 52.6 Å². The molecule has 3 heterocycles. The lowest BCUT2D eigenvalue weighted by Gasteiger charge is -2.00. The predicted molar refractivity (Wildman–Crippen MR) is 98.3 cm³/mol. The molecule has 0 fully saturated rings. The van der Waals surface area contributed by atoms with Gasteiger partial charge >= 0.3 is 0 Å². The molecule has 7 heteroatoms. The Labute approximate surface area is 148 Å². The van der Waals surface area contributed by atoms with Crippen molar-refractivity contribution in [3.63, 3.8) is 0 Å². The van der Waals surface area contributed by atoms with E-state index in [2.05, 4.69) is 30.2 Å². The summed E-state index contributed by atoms with van der Waals surface area (Å²) in [5.41, 5.74) is 1.47. The zero-order chi connectivity index (χ0) is 17.3.